The Morgan fingerprint density at radius 3 is 2.33 bits per heavy atom. The van der Waals surface area contributed by atoms with E-state index >= 15 is 0 Å². The molecular formula is C38H44N4O6. The van der Waals surface area contributed by atoms with Crippen molar-refractivity contribution in [2.75, 3.05) is 11.9 Å². The number of phenols is 1. The zero-order valence-electron chi connectivity index (χ0n) is 27.2. The van der Waals surface area contributed by atoms with Crippen molar-refractivity contribution in [2.24, 2.45) is 5.10 Å². The number of anilines is 1. The van der Waals surface area contributed by atoms with E-state index in [0.29, 0.717) is 57.2 Å². The van der Waals surface area contributed by atoms with E-state index in [1.165, 1.54) is 6.07 Å². The number of phenolic OH excluding ortho intramolecular Hbond substituents is 1. The van der Waals surface area contributed by atoms with Crippen molar-refractivity contribution in [3.63, 3.8) is 0 Å². The number of hydrazone groups is 1. The Morgan fingerprint density at radius 1 is 0.854 bits per heavy atom. The van der Waals surface area contributed by atoms with Gasteiger partial charge in [-0.25, -0.2) is 5.43 Å². The van der Waals surface area contributed by atoms with Crippen molar-refractivity contribution >= 4 is 35.6 Å². The first-order valence-electron chi connectivity index (χ1n) is 16.5. The molecule has 0 saturated carbocycles. The molecule has 1 atom stereocenters. The number of nitrogens with one attached hydrogen (secondary N) is 2. The van der Waals surface area contributed by atoms with E-state index in [1.54, 1.807) is 29.3 Å². The number of unbranched alkanes of at least 4 members (excludes halogenated alkanes) is 3. The van der Waals surface area contributed by atoms with Crippen LogP contribution in [0.1, 0.15) is 87.0 Å². The average Bonchev–Trinajstić information content (AvgIpc) is 3.08. The average molecular weight is 653 g/mol. The predicted molar refractivity (Wildman–Crippen MR) is 185 cm³/mol. The first kappa shape index (κ1) is 35.6. The quantitative estimate of drug-likeness (QED) is 0.0477. The van der Waals surface area contributed by atoms with E-state index in [2.05, 4.69) is 15.8 Å². The summed E-state index contributed by atoms with van der Waals surface area (Å²) in [5, 5.41) is 16.6. The third kappa shape index (κ3) is 12.5. The van der Waals surface area contributed by atoms with E-state index in [9.17, 15) is 24.3 Å². The summed E-state index contributed by atoms with van der Waals surface area (Å²) in [6.07, 6.45) is 10.3. The lowest BCUT2D eigenvalue weighted by molar-refractivity contribution is -0.152. The van der Waals surface area contributed by atoms with Gasteiger partial charge in [0.25, 0.3) is 0 Å². The van der Waals surface area contributed by atoms with Crippen LogP contribution in [0.25, 0.3) is 0 Å². The number of carbonyl (C=O) groups excluding carboxylic acids is 4. The summed E-state index contributed by atoms with van der Waals surface area (Å²) in [5.74, 6) is -0.641. The molecule has 0 radical (unpaired) electrons. The molecule has 1 heterocycles. The van der Waals surface area contributed by atoms with Crippen LogP contribution in [0.3, 0.4) is 0 Å². The van der Waals surface area contributed by atoms with E-state index in [0.717, 1.165) is 29.5 Å². The fraction of sp³-hybridized carbons (Fsp3) is 0.342. The Bertz CT molecular complexity index is 1570. The SMILES string of the molecule is O=C(CCCCCCC(=O)Nc1ccccc1O)N/N=C/c1cccc(CN2C[C@@H](c3ccccc3)OC(=O)CC/C=C/CCC2=O)c1. The second kappa shape index (κ2) is 19.4. The van der Waals surface area contributed by atoms with Gasteiger partial charge < -0.3 is 20.1 Å². The number of rotatable bonds is 13. The van der Waals surface area contributed by atoms with Crippen LogP contribution in [0.5, 0.6) is 5.75 Å². The van der Waals surface area contributed by atoms with Gasteiger partial charge in [-0.05, 0) is 60.6 Å². The van der Waals surface area contributed by atoms with Gasteiger partial charge in [-0.2, -0.15) is 5.10 Å². The molecule has 3 amide bonds. The lowest BCUT2D eigenvalue weighted by atomic mass is 10.1. The third-order valence-corrected chi connectivity index (χ3v) is 7.85. The topological polar surface area (TPSA) is 137 Å². The van der Waals surface area contributed by atoms with E-state index < -0.39 is 6.10 Å². The Kier molecular flexibility index (Phi) is 14.4. The van der Waals surface area contributed by atoms with E-state index in [1.807, 2.05) is 66.7 Å². The van der Waals surface area contributed by atoms with Gasteiger partial charge in [0.2, 0.25) is 17.7 Å². The molecule has 48 heavy (non-hydrogen) atoms. The third-order valence-electron chi connectivity index (χ3n) is 7.85. The van der Waals surface area contributed by atoms with Crippen molar-refractivity contribution in [1.82, 2.24) is 10.3 Å². The highest BCUT2D eigenvalue weighted by Gasteiger charge is 2.24. The smallest absolute Gasteiger partial charge is 0.306 e. The van der Waals surface area contributed by atoms with Crippen molar-refractivity contribution in [2.45, 2.75) is 76.9 Å². The molecule has 252 valence electrons. The largest absolute Gasteiger partial charge is 0.506 e. The Balaban J connectivity index is 1.24. The number of carbonyl (C=O) groups is 4. The molecule has 3 aromatic carbocycles. The summed E-state index contributed by atoms with van der Waals surface area (Å²) >= 11 is 0. The van der Waals surface area contributed by atoms with Crippen LogP contribution in [-0.4, -0.2) is 46.5 Å². The second-order valence-corrected chi connectivity index (χ2v) is 11.7. The number of aromatic hydroxyl groups is 1. The highest BCUT2D eigenvalue weighted by Crippen LogP contribution is 2.23. The van der Waals surface area contributed by atoms with Crippen LogP contribution < -0.4 is 10.7 Å². The fourth-order valence-corrected chi connectivity index (χ4v) is 5.30. The van der Waals surface area contributed by atoms with Crippen LogP contribution >= 0.6 is 0 Å². The number of nitrogens with zero attached hydrogens (tertiary/aromatic N) is 2. The molecule has 10 heteroatoms. The lowest BCUT2D eigenvalue weighted by Crippen LogP contribution is -2.35. The van der Waals surface area contributed by atoms with Gasteiger partial charge in [0.15, 0.2) is 0 Å². The van der Waals surface area contributed by atoms with Gasteiger partial charge in [-0.3, -0.25) is 19.2 Å². The first-order valence-corrected chi connectivity index (χ1v) is 16.5. The molecule has 0 bridgehead atoms. The first-order chi connectivity index (χ1) is 23.4. The zero-order valence-corrected chi connectivity index (χ0v) is 27.2. The summed E-state index contributed by atoms with van der Waals surface area (Å²) in [4.78, 5) is 52.0. The molecule has 3 N–H and O–H groups in total. The molecule has 4 rings (SSSR count). The van der Waals surface area contributed by atoms with Crippen LogP contribution in [0, 0.1) is 0 Å². The summed E-state index contributed by atoms with van der Waals surface area (Å²) < 4.78 is 5.85. The molecule has 0 fully saturated rings. The van der Waals surface area contributed by atoms with Crippen LogP contribution in [0.15, 0.2) is 96.1 Å². The number of esters is 1. The minimum Gasteiger partial charge on any atom is -0.506 e. The van der Waals surface area contributed by atoms with Crippen molar-refractivity contribution in [3.8, 4) is 5.75 Å². The molecule has 1 aliphatic rings. The number of ether oxygens (including phenoxy) is 1. The molecule has 0 aliphatic carbocycles. The molecule has 0 unspecified atom stereocenters. The van der Waals surface area contributed by atoms with Gasteiger partial charge >= 0.3 is 5.97 Å². The molecular weight excluding hydrogens is 608 g/mol. The molecule has 10 nitrogen and oxygen atoms in total. The van der Waals surface area contributed by atoms with Crippen LogP contribution in [0.2, 0.25) is 0 Å². The van der Waals surface area contributed by atoms with Crippen molar-refractivity contribution in [1.29, 1.82) is 0 Å². The number of hydrogen-bond acceptors (Lipinski definition) is 7. The minimum atomic E-state index is -0.583. The number of allylic oxidation sites excluding steroid dienone is 2. The zero-order chi connectivity index (χ0) is 34.0. The molecule has 0 spiro atoms. The van der Waals surface area contributed by atoms with E-state index in [4.69, 9.17) is 4.74 Å². The summed E-state index contributed by atoms with van der Waals surface area (Å²) in [7, 11) is 0. The minimum absolute atomic E-state index is 0.0284. The van der Waals surface area contributed by atoms with Gasteiger partial charge in [-0.15, -0.1) is 0 Å². The standard InChI is InChI=1S/C38H44N4O6/c43-33-20-13-12-19-32(33)40-35(44)21-8-1-2-9-22-36(45)41-39-26-29-15-14-16-30(25-29)27-42-28-34(31-17-6-5-7-18-31)48-38(47)24-11-4-3-10-23-37(42)46/h3-7,12-20,25-26,34,43H,1-2,8-11,21-24,27-28H2,(H,40,44)(H,41,45)/b4-3+,39-26+/t34-/m0/s1. The van der Waals surface area contributed by atoms with Crippen LogP contribution in [0.4, 0.5) is 5.69 Å². The summed E-state index contributed by atoms with van der Waals surface area (Å²) in [6, 6.07) is 23.7. The number of benzene rings is 3. The van der Waals surface area contributed by atoms with Gasteiger partial charge in [0, 0.05) is 32.2 Å². The maximum absolute atomic E-state index is 13.3. The van der Waals surface area contributed by atoms with Gasteiger partial charge in [0.05, 0.1) is 18.4 Å². The monoisotopic (exact) mass is 652 g/mol. The van der Waals surface area contributed by atoms with Crippen molar-refractivity contribution in [3.05, 3.63) is 108 Å². The van der Waals surface area contributed by atoms with E-state index in [-0.39, 0.29) is 42.4 Å². The summed E-state index contributed by atoms with van der Waals surface area (Å²) in [5.41, 5.74) is 5.46. The predicted octanol–water partition coefficient (Wildman–Crippen LogP) is 6.56. The Morgan fingerprint density at radius 2 is 1.56 bits per heavy atom. The Labute approximate surface area is 281 Å². The number of cyclic esters (lactones) is 1. The molecule has 0 aromatic heterocycles. The Hall–Kier alpha value is -5.25. The van der Waals surface area contributed by atoms with Gasteiger partial charge in [0.1, 0.15) is 11.9 Å². The number of amides is 3. The summed E-state index contributed by atoms with van der Waals surface area (Å²) in [6.45, 7) is 0.561. The molecule has 3 aromatic rings. The maximum atomic E-state index is 13.3. The number of para-hydroxylation sites is 2. The highest BCUT2D eigenvalue weighted by molar-refractivity contribution is 5.92. The highest BCUT2D eigenvalue weighted by atomic mass is 16.5. The van der Waals surface area contributed by atoms with Gasteiger partial charge in [-0.1, -0.05) is 85.7 Å². The normalized spacial score (nSPS) is 16.4. The number of hydrogen-bond donors (Lipinski definition) is 3. The maximum Gasteiger partial charge on any atom is 0.306 e. The van der Waals surface area contributed by atoms with Crippen LogP contribution in [-0.2, 0) is 30.5 Å². The molecule has 0 saturated heterocycles. The second-order valence-electron chi connectivity index (χ2n) is 11.7. The molecule has 1 aliphatic heterocycles. The van der Waals surface area contributed by atoms with Crippen molar-refractivity contribution < 1.29 is 29.0 Å². The lowest BCUT2D eigenvalue weighted by Gasteiger charge is -2.28. The fourth-order valence-electron chi connectivity index (χ4n) is 5.30.